The third kappa shape index (κ3) is 3.48. The molecule has 1 atom stereocenters. The molecule has 5 heterocycles. The summed E-state index contributed by atoms with van der Waals surface area (Å²) in [7, 11) is 0. The van der Waals surface area contributed by atoms with Gasteiger partial charge in [0, 0.05) is 50.7 Å². The number of hydrogen-bond donors (Lipinski definition) is 1. The van der Waals surface area contributed by atoms with Crippen molar-refractivity contribution in [1.82, 2.24) is 24.8 Å². The zero-order valence-corrected chi connectivity index (χ0v) is 18.1. The van der Waals surface area contributed by atoms with Crippen LogP contribution in [0.1, 0.15) is 17.7 Å². The van der Waals surface area contributed by atoms with Gasteiger partial charge in [0.05, 0.1) is 24.4 Å². The minimum absolute atomic E-state index is 0.0313. The molecule has 3 aliphatic heterocycles. The topological polar surface area (TPSA) is 75.0 Å². The first-order valence-electron chi connectivity index (χ1n) is 11.6. The van der Waals surface area contributed by atoms with Crippen LogP contribution in [0.25, 0.3) is 5.65 Å². The Morgan fingerprint density at radius 1 is 1.06 bits per heavy atom. The third-order valence-corrected chi connectivity index (χ3v) is 6.81. The third-order valence-electron chi connectivity index (χ3n) is 6.81. The molecule has 6 rings (SSSR count). The molecule has 1 aromatic carbocycles. The highest BCUT2D eigenvalue weighted by Gasteiger charge is 2.40. The molecule has 8 nitrogen and oxygen atoms in total. The molecule has 1 unspecified atom stereocenters. The van der Waals surface area contributed by atoms with E-state index in [0.717, 1.165) is 74.9 Å². The fourth-order valence-electron chi connectivity index (χ4n) is 5.12. The average molecular weight is 433 g/mol. The van der Waals surface area contributed by atoms with Crippen LogP contribution >= 0.6 is 0 Å². The molecule has 0 bridgehead atoms. The summed E-state index contributed by atoms with van der Waals surface area (Å²) in [6.07, 6.45) is 4.63. The maximum atomic E-state index is 13.2. The molecular formula is C24H28N6O2. The zero-order valence-electron chi connectivity index (χ0n) is 18.1. The molecule has 8 heteroatoms. The molecule has 2 aromatic heterocycles. The molecule has 0 saturated carbocycles. The van der Waals surface area contributed by atoms with Crippen LogP contribution in [0.4, 0.5) is 5.82 Å². The number of hydrogen-bond acceptors (Lipinski definition) is 6. The van der Waals surface area contributed by atoms with E-state index in [1.54, 1.807) is 0 Å². The molecule has 0 aliphatic carbocycles. The standard InChI is InChI=1S/C24H28N6O2/c31-24(28-13-9-19(16-28)32-18-4-2-1-3-5-18)17-14-29(15-17)23-20-6-10-25-11-7-21(20)27-22-8-12-26-30(22)23/h1-5,8,12,17,19,25H,6-7,9-11,13-16H2. The molecule has 0 radical (unpaired) electrons. The van der Waals surface area contributed by atoms with E-state index in [2.05, 4.69) is 15.3 Å². The Hall–Kier alpha value is -3.13. The molecule has 1 N–H and O–H groups in total. The van der Waals surface area contributed by atoms with E-state index in [4.69, 9.17) is 9.72 Å². The van der Waals surface area contributed by atoms with Gasteiger partial charge in [-0.25, -0.2) is 4.98 Å². The van der Waals surface area contributed by atoms with E-state index in [9.17, 15) is 4.79 Å². The summed E-state index contributed by atoms with van der Waals surface area (Å²) in [6, 6.07) is 11.8. The summed E-state index contributed by atoms with van der Waals surface area (Å²) in [5.41, 5.74) is 3.32. The number of carbonyl (C=O) groups excluding carboxylic acids is 1. The van der Waals surface area contributed by atoms with Crippen LogP contribution in [0.15, 0.2) is 42.6 Å². The number of rotatable bonds is 4. The van der Waals surface area contributed by atoms with E-state index >= 15 is 0 Å². The highest BCUT2D eigenvalue weighted by atomic mass is 16.5. The minimum atomic E-state index is 0.0313. The quantitative estimate of drug-likeness (QED) is 0.674. The number of fused-ring (bicyclic) bond motifs is 2. The van der Waals surface area contributed by atoms with Gasteiger partial charge in [-0.05, 0) is 25.1 Å². The van der Waals surface area contributed by atoms with Crippen molar-refractivity contribution in [2.45, 2.75) is 25.4 Å². The number of nitrogens with zero attached hydrogens (tertiary/aromatic N) is 5. The predicted molar refractivity (Wildman–Crippen MR) is 121 cm³/mol. The summed E-state index contributed by atoms with van der Waals surface area (Å²) >= 11 is 0. The van der Waals surface area contributed by atoms with Gasteiger partial charge in [0.25, 0.3) is 0 Å². The molecule has 32 heavy (non-hydrogen) atoms. The number of nitrogens with one attached hydrogen (secondary N) is 1. The van der Waals surface area contributed by atoms with Gasteiger partial charge in [0.15, 0.2) is 5.65 Å². The van der Waals surface area contributed by atoms with Gasteiger partial charge in [-0.3, -0.25) is 4.79 Å². The van der Waals surface area contributed by atoms with Gasteiger partial charge < -0.3 is 19.9 Å². The van der Waals surface area contributed by atoms with Crippen molar-refractivity contribution < 1.29 is 9.53 Å². The summed E-state index contributed by atoms with van der Waals surface area (Å²) in [5.74, 6) is 2.27. The van der Waals surface area contributed by atoms with Gasteiger partial charge in [-0.15, -0.1) is 0 Å². The van der Waals surface area contributed by atoms with Crippen molar-refractivity contribution in [1.29, 1.82) is 0 Å². The van der Waals surface area contributed by atoms with Crippen molar-refractivity contribution in [2.24, 2.45) is 5.92 Å². The van der Waals surface area contributed by atoms with Crippen LogP contribution in [0.5, 0.6) is 5.75 Å². The largest absolute Gasteiger partial charge is 0.489 e. The number of ether oxygens (including phenoxy) is 1. The van der Waals surface area contributed by atoms with Crippen LogP contribution in [-0.2, 0) is 17.6 Å². The molecule has 166 valence electrons. The van der Waals surface area contributed by atoms with Crippen LogP contribution in [0.2, 0.25) is 0 Å². The van der Waals surface area contributed by atoms with Crippen molar-refractivity contribution >= 4 is 17.4 Å². The lowest BCUT2D eigenvalue weighted by Crippen LogP contribution is -2.55. The first kappa shape index (κ1) is 19.5. The number of aromatic nitrogens is 3. The molecular weight excluding hydrogens is 404 g/mol. The lowest BCUT2D eigenvalue weighted by Gasteiger charge is -2.42. The van der Waals surface area contributed by atoms with Gasteiger partial charge in [-0.2, -0.15) is 9.61 Å². The SMILES string of the molecule is O=C(C1CN(c2c3c(nc4ccnn24)CCNCC3)C1)N1CCC(Oc2ccccc2)C1. The summed E-state index contributed by atoms with van der Waals surface area (Å²) in [6.45, 7) is 4.81. The van der Waals surface area contributed by atoms with Crippen molar-refractivity contribution in [2.75, 3.05) is 44.2 Å². The van der Waals surface area contributed by atoms with Crippen LogP contribution in [-0.4, -0.2) is 70.8 Å². The summed E-state index contributed by atoms with van der Waals surface area (Å²) < 4.78 is 8.01. The Balaban J connectivity index is 1.14. The van der Waals surface area contributed by atoms with E-state index < -0.39 is 0 Å². The lowest BCUT2D eigenvalue weighted by molar-refractivity contribution is -0.135. The Labute approximate surface area is 187 Å². The summed E-state index contributed by atoms with van der Waals surface area (Å²) in [4.78, 5) is 22.3. The molecule has 2 saturated heterocycles. The normalized spacial score (nSPS) is 21.3. The monoisotopic (exact) mass is 432 g/mol. The second-order valence-electron chi connectivity index (χ2n) is 8.94. The van der Waals surface area contributed by atoms with Gasteiger partial charge in [0.1, 0.15) is 17.7 Å². The number of anilines is 1. The van der Waals surface area contributed by atoms with Gasteiger partial charge in [-0.1, -0.05) is 18.2 Å². The second kappa shape index (κ2) is 8.09. The van der Waals surface area contributed by atoms with E-state index in [0.29, 0.717) is 6.54 Å². The van der Waals surface area contributed by atoms with E-state index in [-0.39, 0.29) is 17.9 Å². The smallest absolute Gasteiger partial charge is 0.229 e. The van der Waals surface area contributed by atoms with Crippen LogP contribution in [0, 0.1) is 5.92 Å². The number of amides is 1. The van der Waals surface area contributed by atoms with E-state index in [1.165, 1.54) is 5.56 Å². The maximum absolute atomic E-state index is 13.2. The summed E-state index contributed by atoms with van der Waals surface area (Å²) in [5, 5.41) is 8.01. The van der Waals surface area contributed by atoms with Crippen molar-refractivity contribution in [3.8, 4) is 5.75 Å². The van der Waals surface area contributed by atoms with Crippen LogP contribution in [0.3, 0.4) is 0 Å². The number of carbonyl (C=O) groups is 1. The number of para-hydroxylation sites is 1. The molecule has 3 aliphatic rings. The lowest BCUT2D eigenvalue weighted by atomic mass is 9.97. The fourth-order valence-corrected chi connectivity index (χ4v) is 5.12. The Bertz CT molecular complexity index is 1120. The zero-order chi connectivity index (χ0) is 21.5. The highest BCUT2D eigenvalue weighted by Crippen LogP contribution is 2.32. The van der Waals surface area contributed by atoms with Crippen LogP contribution < -0.4 is 15.0 Å². The Kier molecular flexibility index (Phi) is 4.94. The fraction of sp³-hybridized carbons (Fsp3) is 0.458. The second-order valence-corrected chi connectivity index (χ2v) is 8.94. The first-order chi connectivity index (χ1) is 15.8. The molecule has 0 spiro atoms. The first-order valence-corrected chi connectivity index (χ1v) is 11.6. The van der Waals surface area contributed by atoms with Crippen molar-refractivity contribution in [3.63, 3.8) is 0 Å². The van der Waals surface area contributed by atoms with E-state index in [1.807, 2.05) is 52.0 Å². The Morgan fingerprint density at radius 3 is 2.78 bits per heavy atom. The highest BCUT2D eigenvalue weighted by molar-refractivity contribution is 5.82. The number of benzene rings is 1. The number of likely N-dealkylation sites (tertiary alicyclic amines) is 1. The molecule has 2 fully saturated rings. The molecule has 3 aromatic rings. The predicted octanol–water partition coefficient (Wildman–Crippen LogP) is 1.53. The molecule has 1 amide bonds. The van der Waals surface area contributed by atoms with Gasteiger partial charge in [0.2, 0.25) is 5.91 Å². The minimum Gasteiger partial charge on any atom is -0.489 e. The Morgan fingerprint density at radius 2 is 1.91 bits per heavy atom. The van der Waals surface area contributed by atoms with Crippen molar-refractivity contribution in [3.05, 3.63) is 53.9 Å². The van der Waals surface area contributed by atoms with Gasteiger partial charge >= 0.3 is 0 Å². The maximum Gasteiger partial charge on any atom is 0.229 e. The average Bonchev–Trinajstić information content (AvgIpc) is 3.37.